The van der Waals surface area contributed by atoms with E-state index in [9.17, 15) is 94.1 Å². The van der Waals surface area contributed by atoms with Gasteiger partial charge in [-0.1, -0.05) is 136 Å². The quantitative estimate of drug-likeness (QED) is 0.0106. The van der Waals surface area contributed by atoms with Gasteiger partial charge in [0.2, 0.25) is 5.91 Å². The smallest absolute Gasteiger partial charge is 0.413 e. The maximum Gasteiger partial charge on any atom is 0.413 e. The molecule has 0 radical (unpaired) electrons. The van der Waals surface area contributed by atoms with Gasteiger partial charge in [0.05, 0.1) is 26.4 Å². The van der Waals surface area contributed by atoms with Crippen LogP contribution in [0.5, 0.6) is 11.5 Å². The standard InChI is InChI=1S/C19H20N2O7.C18H18N2O7.C16H22N2O7.C10H18N2O6/c22-18(23)17(13-15-5-2-1-3-6-15)20-19(24)28-16-10-8-14(9-11-16)7-4-12-27-21(25)26;21-17(22)16(12-13-5-2-1-3-6-13)19-18(23)27-15-8-4-7-14(11-15)9-10-26-20(24)25;19-15(20)14(12-13-8-4-3-5-9-13)17-16(21)24-10-6-1-2-7-11-25-18(22)23;1-7(2)6-8(10(14)15)11-9(13)4-3-5-18-12(16)17/h1-3,5-6,8-11,17H,4,7,12-13H2,(H,20,24)(H,22,23);1-8,11,16H,9-10,12H2,(H,19,23)(H,21,22);3-5,8-9,14H,1-2,6-7,10-12H2,(H,17,21)(H,19,20);7-8H,3-6H2,1-2H3,(H,11,13)(H,14,15). The Hall–Kier alpha value is -11.9. The molecule has 4 unspecified atom stereocenters. The Morgan fingerprint density at radius 1 is 0.388 bits per heavy atom. The first-order valence-corrected chi connectivity index (χ1v) is 30.2. The Labute approximate surface area is 560 Å². The molecule has 0 saturated carbocycles. The number of amides is 4. The van der Waals surface area contributed by atoms with Crippen LogP contribution in [0, 0.1) is 46.4 Å². The molecule has 5 rings (SSSR count). The van der Waals surface area contributed by atoms with Crippen LogP contribution in [-0.4, -0.2) is 146 Å². The molecule has 0 aliphatic carbocycles. The second-order valence-electron chi connectivity index (χ2n) is 21.1. The summed E-state index contributed by atoms with van der Waals surface area (Å²) in [5.74, 6) is -4.42. The largest absolute Gasteiger partial charge is 0.480 e. The van der Waals surface area contributed by atoms with E-state index in [1.807, 2.05) is 32.0 Å². The average molecular weight is 1380 g/mol. The molecule has 532 valence electrons. The van der Waals surface area contributed by atoms with Crippen molar-refractivity contribution >= 4 is 48.1 Å². The number of hydrogen-bond donors (Lipinski definition) is 8. The number of carbonyl (C=O) groups excluding carboxylic acids is 4. The van der Waals surface area contributed by atoms with Crippen LogP contribution >= 0.6 is 0 Å². The van der Waals surface area contributed by atoms with Crippen molar-refractivity contribution in [2.24, 2.45) is 5.92 Å². The molecule has 0 aliphatic heterocycles. The fraction of sp³-hybridized carbons (Fsp3) is 0.397. The highest BCUT2D eigenvalue weighted by Gasteiger charge is 2.25. The number of unbranched alkanes of at least 4 members (excludes halogenated alkanes) is 3. The van der Waals surface area contributed by atoms with E-state index in [2.05, 4.69) is 40.6 Å². The lowest BCUT2D eigenvalue weighted by atomic mass is 10.0. The third kappa shape index (κ3) is 40.9. The van der Waals surface area contributed by atoms with Gasteiger partial charge < -0.3 is 75.3 Å². The molecule has 0 bridgehead atoms. The third-order valence-electron chi connectivity index (χ3n) is 12.8. The highest BCUT2D eigenvalue weighted by molar-refractivity contribution is 5.84. The molecule has 5 aromatic rings. The normalized spacial score (nSPS) is 11.4. The summed E-state index contributed by atoms with van der Waals surface area (Å²) in [6.07, 6.45) is 2.24. The van der Waals surface area contributed by atoms with Gasteiger partial charge in [0.15, 0.2) is 0 Å². The number of rotatable bonds is 40. The van der Waals surface area contributed by atoms with Gasteiger partial charge in [0.1, 0.15) is 42.3 Å². The molecule has 98 heavy (non-hydrogen) atoms. The highest BCUT2D eigenvalue weighted by Crippen LogP contribution is 2.17. The number of alkyl carbamates (subject to hydrolysis) is 1. The van der Waals surface area contributed by atoms with Gasteiger partial charge in [0.25, 0.3) is 20.3 Å². The number of carboxylic acids is 4. The summed E-state index contributed by atoms with van der Waals surface area (Å²) in [5, 5.41) is 82.5. The Kier molecular flexibility index (Phi) is 40.1. The van der Waals surface area contributed by atoms with Gasteiger partial charge >= 0.3 is 42.2 Å². The van der Waals surface area contributed by atoms with Gasteiger partial charge in [-0.15, -0.1) is 40.5 Å². The topological polar surface area (TPSA) is 503 Å². The molecule has 8 N–H and O–H groups in total. The summed E-state index contributed by atoms with van der Waals surface area (Å²) in [6, 6.07) is 35.5. The number of hydrogen-bond acceptors (Lipinski definition) is 23. The van der Waals surface area contributed by atoms with Crippen LogP contribution in [0.15, 0.2) is 140 Å². The van der Waals surface area contributed by atoms with Gasteiger partial charge in [-0.2, -0.15) is 0 Å². The second kappa shape index (κ2) is 47.9. The lowest BCUT2D eigenvalue weighted by Crippen LogP contribution is -2.43. The number of nitrogens with one attached hydrogen (secondary N) is 4. The van der Waals surface area contributed by atoms with Crippen molar-refractivity contribution in [3.63, 3.8) is 0 Å². The molecule has 4 atom stereocenters. The minimum atomic E-state index is -1.18. The third-order valence-corrected chi connectivity index (χ3v) is 12.8. The maximum absolute atomic E-state index is 12.0. The molecule has 0 aromatic heterocycles. The number of carboxylic acid groups (broad SMARTS) is 4. The lowest BCUT2D eigenvalue weighted by Gasteiger charge is -2.16. The van der Waals surface area contributed by atoms with E-state index in [0.717, 1.165) is 28.7 Å². The summed E-state index contributed by atoms with van der Waals surface area (Å²) in [6.45, 7) is 3.61. The minimum absolute atomic E-state index is 0.00425. The monoisotopic (exact) mass is 1380 g/mol. The summed E-state index contributed by atoms with van der Waals surface area (Å²) in [5.41, 5.74) is 3.90. The van der Waals surface area contributed by atoms with Gasteiger partial charge in [-0.3, -0.25) is 4.79 Å². The van der Waals surface area contributed by atoms with Crippen molar-refractivity contribution < 1.29 is 113 Å². The highest BCUT2D eigenvalue weighted by atomic mass is 17.0. The van der Waals surface area contributed by atoms with E-state index in [0.29, 0.717) is 44.1 Å². The average Bonchev–Trinajstić information content (AvgIpc) is 1.71. The molecule has 0 saturated heterocycles. The van der Waals surface area contributed by atoms with Crippen molar-refractivity contribution in [2.75, 3.05) is 33.0 Å². The second-order valence-corrected chi connectivity index (χ2v) is 21.1. The fourth-order valence-corrected chi connectivity index (χ4v) is 8.23. The number of aliphatic carboxylic acids is 4. The molecule has 0 aliphatic rings. The molecule has 35 heteroatoms. The maximum atomic E-state index is 12.0. The minimum Gasteiger partial charge on any atom is -0.480 e. The SMILES string of the molecule is CC(C)CC(NC(=O)CCCO[N+](=O)[O-])C(=O)O.O=C(NC(Cc1ccccc1)C(=O)O)OCCCCCCO[N+](=O)[O-].O=C(NC(Cc1ccccc1)C(=O)O)Oc1ccc(CCCO[N+](=O)[O-])cc1.O=C(NC(Cc1ccccc1)C(=O)O)Oc1cccc(CCO[N+](=O)[O-])c1. The molecular weight excluding hydrogens is 1300 g/mol. The van der Waals surface area contributed by atoms with Crippen molar-refractivity contribution in [3.8, 4) is 11.5 Å². The predicted molar refractivity (Wildman–Crippen MR) is 341 cm³/mol. The zero-order chi connectivity index (χ0) is 72.6. The fourth-order valence-electron chi connectivity index (χ4n) is 8.23. The van der Waals surface area contributed by atoms with Crippen molar-refractivity contribution in [3.05, 3.63) is 208 Å². The molecular formula is C63H78N8O27. The van der Waals surface area contributed by atoms with Crippen LogP contribution in [-0.2, 0) is 80.2 Å². The summed E-state index contributed by atoms with van der Waals surface area (Å²) >= 11 is 0. The van der Waals surface area contributed by atoms with Gasteiger partial charge in [0, 0.05) is 25.7 Å². The first-order chi connectivity index (χ1) is 46.7. The molecule has 35 nitrogen and oxygen atoms in total. The Morgan fingerprint density at radius 3 is 1.20 bits per heavy atom. The van der Waals surface area contributed by atoms with E-state index in [1.165, 1.54) is 12.1 Å². The van der Waals surface area contributed by atoms with Crippen LogP contribution in [0.2, 0.25) is 0 Å². The molecule has 5 aromatic carbocycles. The van der Waals surface area contributed by atoms with E-state index in [1.54, 1.807) is 109 Å². The first kappa shape index (κ1) is 82.2. The number of benzene rings is 5. The van der Waals surface area contributed by atoms with Crippen LogP contribution < -0.4 is 30.7 Å². The van der Waals surface area contributed by atoms with Crippen molar-refractivity contribution in [1.82, 2.24) is 21.3 Å². The van der Waals surface area contributed by atoms with Crippen molar-refractivity contribution in [2.45, 2.75) is 121 Å². The van der Waals surface area contributed by atoms with Crippen LogP contribution in [0.1, 0.15) is 93.0 Å². The molecule has 0 heterocycles. The van der Waals surface area contributed by atoms with Gasteiger partial charge in [-0.05, 0) is 109 Å². The van der Waals surface area contributed by atoms with Crippen LogP contribution in [0.4, 0.5) is 14.4 Å². The predicted octanol–water partition coefficient (Wildman–Crippen LogP) is 7.60. The van der Waals surface area contributed by atoms with E-state index in [4.69, 9.17) is 19.3 Å². The molecule has 0 spiro atoms. The number of aryl methyl sites for hydroxylation is 1. The van der Waals surface area contributed by atoms with E-state index >= 15 is 0 Å². The van der Waals surface area contributed by atoms with Crippen LogP contribution in [0.3, 0.4) is 0 Å². The zero-order valence-electron chi connectivity index (χ0n) is 53.4. The number of ether oxygens (including phenoxy) is 3. The number of carbonyl (C=O) groups is 8. The summed E-state index contributed by atoms with van der Waals surface area (Å²) in [7, 11) is 0. The number of nitrogens with zero attached hydrogens (tertiary/aromatic N) is 4. The zero-order valence-corrected chi connectivity index (χ0v) is 53.4. The Bertz CT molecular complexity index is 3280. The first-order valence-electron chi connectivity index (χ1n) is 30.2. The summed E-state index contributed by atoms with van der Waals surface area (Å²) < 4.78 is 15.2. The Balaban J connectivity index is 0.000000450. The summed E-state index contributed by atoms with van der Waals surface area (Å²) in [4.78, 5) is 149. The van der Waals surface area contributed by atoms with E-state index in [-0.39, 0.29) is 89.0 Å². The lowest BCUT2D eigenvalue weighted by molar-refractivity contribution is -0.757. The molecule has 0 fully saturated rings. The van der Waals surface area contributed by atoms with E-state index < -0.39 is 92.6 Å². The Morgan fingerprint density at radius 2 is 0.776 bits per heavy atom. The van der Waals surface area contributed by atoms with Crippen molar-refractivity contribution in [1.29, 1.82) is 0 Å². The van der Waals surface area contributed by atoms with Crippen LogP contribution in [0.25, 0.3) is 0 Å². The molecule has 4 amide bonds. The van der Waals surface area contributed by atoms with Gasteiger partial charge in [-0.25, -0.2) is 33.6 Å².